The van der Waals surface area contributed by atoms with Crippen LogP contribution in [0.1, 0.15) is 5.56 Å². The van der Waals surface area contributed by atoms with Gasteiger partial charge in [0.05, 0.1) is 18.4 Å². The fourth-order valence-corrected chi connectivity index (χ4v) is 4.21. The molecular weight excluding hydrogens is 430 g/mol. The van der Waals surface area contributed by atoms with Crippen molar-refractivity contribution in [3.05, 3.63) is 72.3 Å². The van der Waals surface area contributed by atoms with E-state index < -0.39 is 10.0 Å². The van der Waals surface area contributed by atoms with E-state index >= 15 is 0 Å². The van der Waals surface area contributed by atoms with Gasteiger partial charge in [0.2, 0.25) is 15.9 Å². The van der Waals surface area contributed by atoms with Crippen LogP contribution >= 0.6 is 0 Å². The summed E-state index contributed by atoms with van der Waals surface area (Å²) in [6.07, 6.45) is 0.453. The van der Waals surface area contributed by atoms with Crippen LogP contribution in [0.4, 0.5) is 0 Å². The molecule has 0 bridgehead atoms. The van der Waals surface area contributed by atoms with Gasteiger partial charge in [-0.3, -0.25) is 0 Å². The van der Waals surface area contributed by atoms with E-state index in [-0.39, 0.29) is 18.9 Å². The van der Waals surface area contributed by atoms with Crippen LogP contribution < -0.4 is 14.2 Å². The fraction of sp³-hybridized carbons (Fsp3) is 0.227. The molecule has 0 aliphatic heterocycles. The van der Waals surface area contributed by atoms with Crippen LogP contribution in [0.2, 0.25) is 0 Å². The third-order valence-corrected chi connectivity index (χ3v) is 6.15. The molecule has 4 aromatic rings. The molecule has 1 N–H and O–H groups in total. The molecule has 0 amide bonds. The molecule has 0 unspecified atom stereocenters. The van der Waals surface area contributed by atoms with Crippen LogP contribution in [0.3, 0.4) is 0 Å². The second-order valence-corrected chi connectivity index (χ2v) is 8.89. The van der Waals surface area contributed by atoms with Crippen molar-refractivity contribution >= 4 is 15.7 Å². The number of fused-ring (bicyclic) bond motifs is 1. The number of rotatable bonds is 10. The summed E-state index contributed by atoms with van der Waals surface area (Å²) in [5.41, 5.74) is 2.28. The van der Waals surface area contributed by atoms with E-state index in [9.17, 15) is 8.42 Å². The maximum absolute atomic E-state index is 12.2. The fourth-order valence-electron chi connectivity index (χ4n) is 3.17. The molecule has 32 heavy (non-hydrogen) atoms. The minimum Gasteiger partial charge on any atom is -0.496 e. The minimum atomic E-state index is -3.40. The summed E-state index contributed by atoms with van der Waals surface area (Å²) in [6, 6.07) is 20.4. The molecule has 0 aliphatic rings. The van der Waals surface area contributed by atoms with E-state index in [4.69, 9.17) is 9.47 Å². The summed E-state index contributed by atoms with van der Waals surface area (Å²) < 4.78 is 39.6. The minimum absolute atomic E-state index is 0.0181. The smallest absolute Gasteiger partial charge is 0.231 e. The average molecular weight is 454 g/mol. The summed E-state index contributed by atoms with van der Waals surface area (Å²) in [7, 11) is -1.81. The van der Waals surface area contributed by atoms with Crippen LogP contribution in [0.5, 0.6) is 11.6 Å². The summed E-state index contributed by atoms with van der Waals surface area (Å²) in [6.45, 7) is 0.271. The Bertz CT molecular complexity index is 1290. The van der Waals surface area contributed by atoms with Crippen molar-refractivity contribution in [3.8, 4) is 23.0 Å². The number of benzene rings is 2. The van der Waals surface area contributed by atoms with Crippen molar-refractivity contribution < 1.29 is 17.9 Å². The molecule has 2 aromatic carbocycles. The van der Waals surface area contributed by atoms with E-state index in [1.165, 1.54) is 0 Å². The van der Waals surface area contributed by atoms with Crippen LogP contribution in [-0.4, -0.2) is 54.2 Å². The second-order valence-electron chi connectivity index (χ2n) is 6.96. The van der Waals surface area contributed by atoms with Crippen LogP contribution in [0, 0.1) is 0 Å². The molecule has 0 radical (unpaired) electrons. The number of aromatic nitrogens is 4. The zero-order valence-corrected chi connectivity index (χ0v) is 18.3. The van der Waals surface area contributed by atoms with E-state index in [0.717, 1.165) is 11.1 Å². The van der Waals surface area contributed by atoms with Crippen molar-refractivity contribution in [1.82, 2.24) is 24.5 Å². The number of aryl methyl sites for hydroxylation is 1. The first kappa shape index (κ1) is 21.7. The van der Waals surface area contributed by atoms with Crippen LogP contribution in [0.25, 0.3) is 17.0 Å². The Hall–Kier alpha value is -3.50. The standard InChI is InChI=1S/C22H23N5O4S/c1-30-19-10-6-5-9-18(19)22-25-24-20-11-12-21(26-27(20)22)31-15-14-23-32(28,29)16-13-17-7-3-2-4-8-17/h2-12,23H,13-16H2,1H3. The first-order valence-corrected chi connectivity index (χ1v) is 11.7. The van der Waals surface area contributed by atoms with Crippen molar-refractivity contribution in [3.63, 3.8) is 0 Å². The molecule has 2 aromatic heterocycles. The van der Waals surface area contributed by atoms with Gasteiger partial charge in [0, 0.05) is 12.6 Å². The quantitative estimate of drug-likeness (QED) is 0.367. The Morgan fingerprint density at radius 1 is 0.969 bits per heavy atom. The highest BCUT2D eigenvalue weighted by molar-refractivity contribution is 7.89. The first-order valence-electron chi connectivity index (χ1n) is 10.1. The molecule has 0 fully saturated rings. The van der Waals surface area contributed by atoms with Crippen molar-refractivity contribution in [1.29, 1.82) is 0 Å². The highest BCUT2D eigenvalue weighted by atomic mass is 32.2. The lowest BCUT2D eigenvalue weighted by atomic mass is 10.2. The largest absolute Gasteiger partial charge is 0.496 e. The lowest BCUT2D eigenvalue weighted by molar-refractivity contribution is 0.306. The monoisotopic (exact) mass is 453 g/mol. The Morgan fingerprint density at radius 3 is 2.56 bits per heavy atom. The topological polar surface area (TPSA) is 108 Å². The molecule has 166 valence electrons. The number of hydrogen-bond acceptors (Lipinski definition) is 7. The molecule has 0 saturated carbocycles. The van der Waals surface area contributed by atoms with Gasteiger partial charge in [-0.25, -0.2) is 13.1 Å². The molecule has 2 heterocycles. The summed E-state index contributed by atoms with van der Waals surface area (Å²) in [5, 5.41) is 12.8. The predicted molar refractivity (Wildman–Crippen MR) is 120 cm³/mol. The number of hydrogen-bond donors (Lipinski definition) is 1. The molecule has 10 heteroatoms. The van der Waals surface area contributed by atoms with Gasteiger partial charge in [0.25, 0.3) is 0 Å². The van der Waals surface area contributed by atoms with Gasteiger partial charge in [-0.15, -0.1) is 15.3 Å². The van der Waals surface area contributed by atoms with Gasteiger partial charge in [-0.05, 0) is 30.2 Å². The molecule has 0 aliphatic carbocycles. The lowest BCUT2D eigenvalue weighted by Gasteiger charge is -2.09. The van der Waals surface area contributed by atoms with Crippen LogP contribution in [-0.2, 0) is 16.4 Å². The van der Waals surface area contributed by atoms with E-state index in [0.29, 0.717) is 29.5 Å². The Kier molecular flexibility index (Phi) is 6.62. The van der Waals surface area contributed by atoms with Gasteiger partial charge in [0.15, 0.2) is 11.5 Å². The number of nitrogens with one attached hydrogen (secondary N) is 1. The van der Waals surface area contributed by atoms with E-state index in [1.54, 1.807) is 23.8 Å². The zero-order valence-electron chi connectivity index (χ0n) is 17.5. The van der Waals surface area contributed by atoms with Gasteiger partial charge >= 0.3 is 0 Å². The predicted octanol–water partition coefficient (Wildman–Crippen LogP) is 2.34. The number of nitrogens with zero attached hydrogens (tertiary/aromatic N) is 4. The average Bonchev–Trinajstić information content (AvgIpc) is 3.24. The molecule has 4 rings (SSSR count). The lowest BCUT2D eigenvalue weighted by Crippen LogP contribution is -2.31. The summed E-state index contributed by atoms with van der Waals surface area (Å²) >= 11 is 0. The summed E-state index contributed by atoms with van der Waals surface area (Å²) in [4.78, 5) is 0. The summed E-state index contributed by atoms with van der Waals surface area (Å²) in [5.74, 6) is 1.52. The molecule has 0 spiro atoms. The Labute approximate surface area is 186 Å². The third kappa shape index (κ3) is 5.21. The van der Waals surface area contributed by atoms with Gasteiger partial charge in [0.1, 0.15) is 12.4 Å². The third-order valence-electron chi connectivity index (χ3n) is 4.76. The second kappa shape index (κ2) is 9.75. The zero-order chi connectivity index (χ0) is 22.4. The van der Waals surface area contributed by atoms with Gasteiger partial charge < -0.3 is 9.47 Å². The highest BCUT2D eigenvalue weighted by Crippen LogP contribution is 2.28. The molecular formula is C22H23N5O4S. The molecule has 9 nitrogen and oxygen atoms in total. The molecule has 0 atom stereocenters. The Balaban J connectivity index is 1.37. The Morgan fingerprint density at radius 2 is 1.75 bits per heavy atom. The molecule has 0 saturated heterocycles. The van der Waals surface area contributed by atoms with Gasteiger partial charge in [-0.2, -0.15) is 4.52 Å². The maximum Gasteiger partial charge on any atom is 0.231 e. The number of methoxy groups -OCH3 is 1. The normalized spacial score (nSPS) is 11.5. The van der Waals surface area contributed by atoms with Crippen molar-refractivity contribution in [2.75, 3.05) is 26.0 Å². The van der Waals surface area contributed by atoms with Crippen molar-refractivity contribution in [2.24, 2.45) is 0 Å². The highest BCUT2D eigenvalue weighted by Gasteiger charge is 2.15. The van der Waals surface area contributed by atoms with E-state index in [2.05, 4.69) is 20.0 Å². The number of para-hydroxylation sites is 1. The SMILES string of the molecule is COc1ccccc1-c1nnc2ccc(OCCNS(=O)(=O)CCc3ccccc3)nn12. The van der Waals surface area contributed by atoms with Crippen LogP contribution in [0.15, 0.2) is 66.7 Å². The number of sulfonamides is 1. The van der Waals surface area contributed by atoms with Crippen molar-refractivity contribution in [2.45, 2.75) is 6.42 Å². The number of ether oxygens (including phenoxy) is 2. The first-order chi connectivity index (χ1) is 15.6. The maximum atomic E-state index is 12.2. The van der Waals surface area contributed by atoms with Gasteiger partial charge in [-0.1, -0.05) is 42.5 Å². The van der Waals surface area contributed by atoms with E-state index in [1.807, 2.05) is 54.6 Å².